The standard InChI is InChI=1S/C33H46N5O6S/c1-20(17-34)19-38(5)15-13-37(4,14-16-38)12-11-23-9-10-27-29-24(23)7-6-8-26(29)35(45(27,43)44)18-25-21(2)30-28(22(3)39)32(40)36(30)31(25)33(41)42/h6-10,20-22,28,30,39H,11-19,34H2,1-5H3/q+1/t20-,21+,22?,28?,30?,37?,38?/m1/s1. The van der Waals surface area contributed by atoms with Gasteiger partial charge in [-0.3, -0.25) is 9.10 Å². The van der Waals surface area contributed by atoms with E-state index in [2.05, 4.69) is 21.0 Å². The van der Waals surface area contributed by atoms with Crippen LogP contribution in [0, 0.1) is 17.8 Å². The van der Waals surface area contributed by atoms with Crippen molar-refractivity contribution >= 4 is 38.4 Å². The molecule has 11 nitrogen and oxygen atoms in total. The maximum atomic E-state index is 14.0. The Morgan fingerprint density at radius 1 is 1.11 bits per heavy atom. The molecule has 0 saturated carbocycles. The number of amides is 1. The van der Waals surface area contributed by atoms with E-state index in [1.807, 2.05) is 18.2 Å². The second kappa shape index (κ2) is 11.0. The number of quaternary nitrogens is 2. The number of carbonyl (C=O) groups is 2. The highest BCUT2D eigenvalue weighted by Gasteiger charge is 2.59. The maximum Gasteiger partial charge on any atom is 0.265 e. The fourth-order valence-corrected chi connectivity index (χ4v) is 9.96. The number of likely N-dealkylation sites (N-methyl/N-ethyl adjacent to an activating group) is 2. The fraction of sp³-hybridized carbons (Fsp3) is 0.576. The first kappa shape index (κ1) is 31.9. The number of rotatable bonds is 10. The summed E-state index contributed by atoms with van der Waals surface area (Å²) in [6.45, 7) is 12.4. The summed E-state index contributed by atoms with van der Waals surface area (Å²) in [4.78, 5) is 26.5. The Balaban J connectivity index is 1.27. The van der Waals surface area contributed by atoms with Crippen molar-refractivity contribution in [1.29, 1.82) is 0 Å². The summed E-state index contributed by atoms with van der Waals surface area (Å²) in [7, 11) is 0.650. The van der Waals surface area contributed by atoms with Crippen molar-refractivity contribution in [1.82, 2.24) is 4.90 Å². The molecule has 2 fully saturated rings. The number of sulfonamides is 1. The molecule has 0 bridgehead atoms. The van der Waals surface area contributed by atoms with Gasteiger partial charge in [0, 0.05) is 30.2 Å². The molecule has 4 aliphatic rings. The first-order valence-electron chi connectivity index (χ1n) is 16.0. The molecule has 45 heavy (non-hydrogen) atoms. The number of carboxylic acid groups (broad SMARTS) is 1. The lowest BCUT2D eigenvalue weighted by Crippen LogP contribution is -2.65. The summed E-state index contributed by atoms with van der Waals surface area (Å²) in [5.74, 6) is -2.70. The number of nitrogens with zero attached hydrogens (tertiary/aromatic N) is 4. The van der Waals surface area contributed by atoms with Crippen molar-refractivity contribution in [2.75, 3.05) is 70.8 Å². The highest BCUT2D eigenvalue weighted by atomic mass is 32.2. The van der Waals surface area contributed by atoms with E-state index in [-0.39, 0.29) is 17.1 Å². The van der Waals surface area contributed by atoms with Crippen molar-refractivity contribution in [2.45, 2.75) is 44.2 Å². The molecule has 4 heterocycles. The molecule has 244 valence electrons. The third kappa shape index (κ3) is 5.05. The molecule has 0 radical (unpaired) electrons. The van der Waals surface area contributed by atoms with E-state index in [0.717, 1.165) is 65.6 Å². The molecule has 0 aromatic heterocycles. The van der Waals surface area contributed by atoms with E-state index in [0.29, 0.717) is 29.1 Å². The van der Waals surface area contributed by atoms with Gasteiger partial charge in [-0.1, -0.05) is 32.0 Å². The largest absolute Gasteiger partial charge is 0.543 e. The van der Waals surface area contributed by atoms with Crippen LogP contribution in [0.15, 0.2) is 46.5 Å². The molecule has 6 rings (SSSR count). The number of benzene rings is 2. The lowest BCUT2D eigenvalue weighted by atomic mass is 9.78. The second-order valence-electron chi connectivity index (χ2n) is 14.5. The van der Waals surface area contributed by atoms with Gasteiger partial charge in [0.25, 0.3) is 10.0 Å². The highest BCUT2D eigenvalue weighted by molar-refractivity contribution is 7.93. The third-order valence-corrected chi connectivity index (χ3v) is 13.0. The number of hydrogen-bond donors (Lipinski definition) is 2. The van der Waals surface area contributed by atoms with Gasteiger partial charge in [0.15, 0.2) is 0 Å². The van der Waals surface area contributed by atoms with Crippen molar-refractivity contribution in [3.8, 4) is 0 Å². The number of hydrogen-bond acceptors (Lipinski definition) is 7. The van der Waals surface area contributed by atoms with Gasteiger partial charge in [-0.05, 0) is 35.6 Å². The van der Waals surface area contributed by atoms with Crippen LogP contribution in [0.25, 0.3) is 10.8 Å². The van der Waals surface area contributed by atoms with Gasteiger partial charge >= 0.3 is 0 Å². The lowest BCUT2D eigenvalue weighted by molar-refractivity contribution is -1.02. The average Bonchev–Trinajstić information content (AvgIpc) is 3.35. The molecule has 0 aliphatic carbocycles. The SMILES string of the molecule is CC(O)C1C(=O)N2C(C(=O)[O-])=C(CN3c4cccc5c(CC[N+]6(C)CC[N+](C)(C[C@H](C)CN)CC6)ccc(c45)S3(=O)=O)[C@H](C)C12. The molecule has 2 aromatic rings. The molecule has 12 heteroatoms. The van der Waals surface area contributed by atoms with E-state index in [9.17, 15) is 28.2 Å². The Bertz CT molecular complexity index is 1700. The zero-order valence-corrected chi connectivity index (χ0v) is 27.7. The Labute approximate surface area is 265 Å². The zero-order valence-electron chi connectivity index (χ0n) is 26.9. The molecule has 2 saturated heterocycles. The summed E-state index contributed by atoms with van der Waals surface area (Å²) in [5.41, 5.74) is 7.54. The van der Waals surface area contributed by atoms with Crippen LogP contribution in [0.4, 0.5) is 5.69 Å². The van der Waals surface area contributed by atoms with Gasteiger partial charge in [-0.2, -0.15) is 0 Å². The van der Waals surface area contributed by atoms with E-state index < -0.39 is 45.9 Å². The van der Waals surface area contributed by atoms with Crippen LogP contribution >= 0.6 is 0 Å². The van der Waals surface area contributed by atoms with Crippen LogP contribution in [0.2, 0.25) is 0 Å². The Morgan fingerprint density at radius 2 is 1.78 bits per heavy atom. The normalized spacial score (nSPS) is 31.7. The smallest absolute Gasteiger partial charge is 0.265 e. The minimum atomic E-state index is -3.99. The predicted molar refractivity (Wildman–Crippen MR) is 169 cm³/mol. The second-order valence-corrected chi connectivity index (χ2v) is 16.3. The summed E-state index contributed by atoms with van der Waals surface area (Å²) in [6, 6.07) is 8.64. The number of β-lactam (4-membered cyclic amide) rings is 1. The molecule has 3 unspecified atom stereocenters. The molecule has 1 amide bonds. The van der Waals surface area contributed by atoms with Crippen molar-refractivity contribution in [3.63, 3.8) is 0 Å². The predicted octanol–water partition coefficient (Wildman–Crippen LogP) is 0.254. The van der Waals surface area contributed by atoms with Gasteiger partial charge < -0.3 is 34.6 Å². The molecular formula is C33H46N5O6S+. The van der Waals surface area contributed by atoms with Crippen LogP contribution in [-0.4, -0.2) is 118 Å². The Kier molecular flexibility index (Phi) is 7.84. The van der Waals surface area contributed by atoms with E-state index in [1.165, 1.54) is 16.1 Å². The lowest BCUT2D eigenvalue weighted by Gasteiger charge is -2.47. The number of carboxylic acids is 1. The number of nitrogens with two attached hydrogens (primary N) is 1. The number of aliphatic hydroxyl groups excluding tert-OH is 1. The first-order valence-corrected chi connectivity index (χ1v) is 17.5. The van der Waals surface area contributed by atoms with Crippen LogP contribution in [-0.2, 0) is 26.0 Å². The van der Waals surface area contributed by atoms with Crippen molar-refractivity contribution in [3.05, 3.63) is 47.2 Å². The van der Waals surface area contributed by atoms with Crippen molar-refractivity contribution < 1.29 is 37.2 Å². The van der Waals surface area contributed by atoms with Gasteiger partial charge in [0.2, 0.25) is 5.91 Å². The quantitative estimate of drug-likeness (QED) is 0.280. The Hall–Kier alpha value is -3.03. The van der Waals surface area contributed by atoms with Crippen LogP contribution < -0.4 is 15.1 Å². The minimum Gasteiger partial charge on any atom is -0.543 e. The fourth-order valence-electron chi connectivity index (χ4n) is 8.29. The van der Waals surface area contributed by atoms with E-state index in [1.54, 1.807) is 19.1 Å². The van der Waals surface area contributed by atoms with Gasteiger partial charge in [0.1, 0.15) is 26.2 Å². The summed E-state index contributed by atoms with van der Waals surface area (Å²) in [5, 5.41) is 24.0. The molecule has 2 aromatic carbocycles. The number of aliphatic hydroxyl groups is 1. The topological polar surface area (TPSA) is 144 Å². The molecule has 5 atom stereocenters. The Morgan fingerprint density at radius 3 is 2.40 bits per heavy atom. The third-order valence-electron chi connectivity index (χ3n) is 11.2. The van der Waals surface area contributed by atoms with Crippen LogP contribution in [0.1, 0.15) is 26.3 Å². The highest BCUT2D eigenvalue weighted by Crippen LogP contribution is 2.49. The number of fused-ring (bicyclic) bond motifs is 1. The first-order chi connectivity index (χ1) is 21.1. The van der Waals surface area contributed by atoms with Gasteiger partial charge in [-0.25, -0.2) is 8.42 Å². The summed E-state index contributed by atoms with van der Waals surface area (Å²) in [6.07, 6.45) is -0.149. The van der Waals surface area contributed by atoms with Gasteiger partial charge in [-0.15, -0.1) is 0 Å². The molecule has 4 aliphatic heterocycles. The maximum absolute atomic E-state index is 14.0. The van der Waals surface area contributed by atoms with Crippen molar-refractivity contribution in [2.24, 2.45) is 23.5 Å². The monoisotopic (exact) mass is 640 g/mol. The number of aliphatic carboxylic acids is 1. The summed E-state index contributed by atoms with van der Waals surface area (Å²) >= 11 is 0. The number of anilines is 1. The molecule has 0 spiro atoms. The minimum absolute atomic E-state index is 0.208. The number of piperazine rings is 1. The number of carbonyl (C=O) groups excluding carboxylic acids is 2. The molecular weight excluding hydrogens is 594 g/mol. The van der Waals surface area contributed by atoms with Crippen LogP contribution in [0.5, 0.6) is 0 Å². The summed E-state index contributed by atoms with van der Waals surface area (Å²) < 4.78 is 31.2. The molecule has 3 N–H and O–H groups in total. The van der Waals surface area contributed by atoms with E-state index >= 15 is 0 Å². The van der Waals surface area contributed by atoms with E-state index in [4.69, 9.17) is 5.73 Å². The van der Waals surface area contributed by atoms with Crippen LogP contribution in [0.3, 0.4) is 0 Å². The van der Waals surface area contributed by atoms with Gasteiger partial charge in [0.05, 0.1) is 74.0 Å². The average molecular weight is 641 g/mol. The zero-order chi connectivity index (χ0) is 32.6.